The maximum atomic E-state index is 9.73. The number of rotatable bonds is 4. The van der Waals surface area contributed by atoms with Gasteiger partial charge in [-0.05, 0) is 24.3 Å². The lowest BCUT2D eigenvalue weighted by Gasteiger charge is -2.07. The molecule has 0 aliphatic rings. The fraction of sp³-hybridized carbons (Fsp3) is 0.188. The number of nitrogens with zero attached hydrogens (tertiary/aromatic N) is 1. The highest BCUT2D eigenvalue weighted by atomic mass is 16.3. The third-order valence-electron chi connectivity index (χ3n) is 3.21. The molecule has 1 aromatic heterocycles. The molecule has 0 aliphatic heterocycles. The van der Waals surface area contributed by atoms with Gasteiger partial charge in [-0.15, -0.1) is 0 Å². The normalized spacial score (nSPS) is 10.8. The van der Waals surface area contributed by atoms with Crippen LogP contribution in [0.2, 0.25) is 0 Å². The van der Waals surface area contributed by atoms with Gasteiger partial charge >= 0.3 is 0 Å². The van der Waals surface area contributed by atoms with E-state index in [1.54, 1.807) is 6.07 Å². The van der Waals surface area contributed by atoms with Gasteiger partial charge in [-0.1, -0.05) is 25.1 Å². The van der Waals surface area contributed by atoms with Crippen LogP contribution in [0.4, 0.5) is 5.69 Å². The van der Waals surface area contributed by atoms with Crippen LogP contribution < -0.4 is 5.32 Å². The molecule has 102 valence electrons. The minimum absolute atomic E-state index is 0.302. The smallest absolute Gasteiger partial charge is 0.195 e. The summed E-state index contributed by atoms with van der Waals surface area (Å²) in [4.78, 5) is 4.41. The Bertz CT molecular complexity index is 734. The lowest BCUT2D eigenvalue weighted by molar-refractivity contribution is 0.469. The molecule has 0 bridgehead atoms. The Morgan fingerprint density at radius 3 is 2.85 bits per heavy atom. The van der Waals surface area contributed by atoms with E-state index in [1.807, 2.05) is 43.3 Å². The number of phenolic OH excluding ortho intramolecular Hbond substituents is 1. The predicted molar refractivity (Wildman–Crippen MR) is 78.8 cm³/mol. The second-order valence-electron chi connectivity index (χ2n) is 4.63. The predicted octanol–water partition coefficient (Wildman–Crippen LogP) is 3.71. The van der Waals surface area contributed by atoms with Crippen molar-refractivity contribution in [1.82, 2.24) is 4.98 Å². The highest BCUT2D eigenvalue weighted by Crippen LogP contribution is 2.22. The largest absolute Gasteiger partial charge is 0.508 e. The Morgan fingerprint density at radius 2 is 2.05 bits per heavy atom. The summed E-state index contributed by atoms with van der Waals surface area (Å²) in [6.45, 7) is 2.58. The third kappa shape index (κ3) is 2.45. The fourth-order valence-corrected chi connectivity index (χ4v) is 2.09. The van der Waals surface area contributed by atoms with Crippen LogP contribution in [-0.2, 0) is 13.0 Å². The molecule has 0 spiro atoms. The molecule has 3 rings (SSSR count). The van der Waals surface area contributed by atoms with Crippen LogP contribution in [0.15, 0.2) is 46.9 Å². The summed E-state index contributed by atoms with van der Waals surface area (Å²) >= 11 is 0. The molecule has 20 heavy (non-hydrogen) atoms. The number of aryl methyl sites for hydroxylation is 1. The van der Waals surface area contributed by atoms with E-state index in [4.69, 9.17) is 4.42 Å². The van der Waals surface area contributed by atoms with Crippen LogP contribution in [0.1, 0.15) is 18.4 Å². The molecular weight excluding hydrogens is 252 g/mol. The lowest BCUT2D eigenvalue weighted by atomic mass is 10.2. The van der Waals surface area contributed by atoms with Crippen molar-refractivity contribution in [2.24, 2.45) is 0 Å². The van der Waals surface area contributed by atoms with Crippen molar-refractivity contribution in [3.63, 3.8) is 0 Å². The summed E-state index contributed by atoms with van der Waals surface area (Å²) in [5.74, 6) is 1.05. The Hall–Kier alpha value is -2.49. The molecule has 3 aromatic rings. The number of anilines is 1. The number of para-hydroxylation sites is 1. The highest BCUT2D eigenvalue weighted by molar-refractivity contribution is 5.77. The van der Waals surface area contributed by atoms with Crippen molar-refractivity contribution >= 4 is 16.8 Å². The van der Waals surface area contributed by atoms with Crippen LogP contribution in [0.5, 0.6) is 5.75 Å². The fourth-order valence-electron chi connectivity index (χ4n) is 2.09. The first-order valence-electron chi connectivity index (χ1n) is 6.66. The van der Waals surface area contributed by atoms with Gasteiger partial charge < -0.3 is 14.8 Å². The first-order chi connectivity index (χ1) is 9.76. The number of aromatic hydroxyl groups is 1. The van der Waals surface area contributed by atoms with Crippen LogP contribution in [0, 0.1) is 0 Å². The summed E-state index contributed by atoms with van der Waals surface area (Å²) in [5.41, 5.74) is 3.47. The van der Waals surface area contributed by atoms with E-state index in [0.29, 0.717) is 12.3 Å². The summed E-state index contributed by atoms with van der Waals surface area (Å²) in [5, 5.41) is 13.0. The Labute approximate surface area is 117 Å². The van der Waals surface area contributed by atoms with Gasteiger partial charge in [0.1, 0.15) is 11.3 Å². The molecule has 0 amide bonds. The van der Waals surface area contributed by atoms with E-state index in [-0.39, 0.29) is 0 Å². The minimum Gasteiger partial charge on any atom is -0.508 e. The average molecular weight is 268 g/mol. The number of aromatic nitrogens is 1. The number of oxazole rings is 1. The number of hydrogen-bond donors (Lipinski definition) is 2. The van der Waals surface area contributed by atoms with Gasteiger partial charge in [0.25, 0.3) is 0 Å². The van der Waals surface area contributed by atoms with Crippen molar-refractivity contribution < 1.29 is 9.52 Å². The van der Waals surface area contributed by atoms with E-state index < -0.39 is 0 Å². The minimum atomic E-state index is 0.302. The van der Waals surface area contributed by atoms with Gasteiger partial charge in [-0.25, -0.2) is 4.98 Å². The summed E-state index contributed by atoms with van der Waals surface area (Å²) in [6, 6.07) is 13.1. The molecule has 1 heterocycles. The maximum absolute atomic E-state index is 9.73. The van der Waals surface area contributed by atoms with Crippen LogP contribution >= 0.6 is 0 Å². The van der Waals surface area contributed by atoms with E-state index >= 15 is 0 Å². The maximum Gasteiger partial charge on any atom is 0.195 e. The number of benzene rings is 2. The van der Waals surface area contributed by atoms with Crippen LogP contribution in [-0.4, -0.2) is 10.1 Å². The van der Waals surface area contributed by atoms with Crippen molar-refractivity contribution in [1.29, 1.82) is 0 Å². The van der Waals surface area contributed by atoms with E-state index in [9.17, 15) is 5.11 Å². The monoisotopic (exact) mass is 268 g/mol. The van der Waals surface area contributed by atoms with Crippen molar-refractivity contribution in [2.75, 3.05) is 5.32 Å². The molecular formula is C16H16N2O2. The number of nitrogens with one attached hydrogen (secondary N) is 1. The molecule has 0 saturated carbocycles. The number of fused-ring (bicyclic) bond motifs is 1. The highest BCUT2D eigenvalue weighted by Gasteiger charge is 2.05. The summed E-state index contributed by atoms with van der Waals surface area (Å²) in [6.07, 6.45) is 0.787. The molecule has 0 unspecified atom stereocenters. The molecule has 2 aromatic carbocycles. The first kappa shape index (κ1) is 12.5. The zero-order valence-electron chi connectivity index (χ0n) is 11.3. The molecule has 2 N–H and O–H groups in total. The van der Waals surface area contributed by atoms with Gasteiger partial charge in [0.15, 0.2) is 11.5 Å². The van der Waals surface area contributed by atoms with Crippen molar-refractivity contribution in [3.8, 4) is 5.75 Å². The Morgan fingerprint density at radius 1 is 1.20 bits per heavy atom. The van der Waals surface area contributed by atoms with Gasteiger partial charge in [0.05, 0.1) is 0 Å². The zero-order chi connectivity index (χ0) is 13.9. The van der Waals surface area contributed by atoms with Crippen molar-refractivity contribution in [2.45, 2.75) is 19.9 Å². The SMILES string of the molecule is CCc1nc2cc(NCc3ccccc3O)ccc2o1. The second-order valence-corrected chi connectivity index (χ2v) is 4.63. The molecule has 0 fully saturated rings. The quantitative estimate of drug-likeness (QED) is 0.757. The van der Waals surface area contributed by atoms with Crippen molar-refractivity contribution in [3.05, 3.63) is 53.9 Å². The number of phenols is 1. The van der Waals surface area contributed by atoms with E-state index in [2.05, 4.69) is 10.3 Å². The standard InChI is InChI=1S/C16H16N2O2/c1-2-16-18-13-9-12(7-8-15(13)20-16)17-10-11-5-3-4-6-14(11)19/h3-9,17,19H,2,10H2,1H3. The molecule has 0 aliphatic carbocycles. The molecule has 4 heteroatoms. The van der Waals surface area contributed by atoms with E-state index in [1.165, 1.54) is 0 Å². The van der Waals surface area contributed by atoms with Gasteiger partial charge in [0, 0.05) is 24.2 Å². The summed E-state index contributed by atoms with van der Waals surface area (Å²) < 4.78 is 5.58. The Balaban J connectivity index is 1.79. The first-order valence-corrected chi connectivity index (χ1v) is 6.66. The Kier molecular flexibility index (Phi) is 3.29. The average Bonchev–Trinajstić information content (AvgIpc) is 2.88. The lowest BCUT2D eigenvalue weighted by Crippen LogP contribution is -1.99. The zero-order valence-corrected chi connectivity index (χ0v) is 11.3. The third-order valence-corrected chi connectivity index (χ3v) is 3.21. The summed E-state index contributed by atoms with van der Waals surface area (Å²) in [7, 11) is 0. The second kappa shape index (κ2) is 5.25. The van der Waals surface area contributed by atoms with E-state index in [0.717, 1.165) is 34.7 Å². The molecule has 0 atom stereocenters. The topological polar surface area (TPSA) is 58.3 Å². The van der Waals surface area contributed by atoms with Crippen LogP contribution in [0.25, 0.3) is 11.1 Å². The van der Waals surface area contributed by atoms with Gasteiger partial charge in [-0.3, -0.25) is 0 Å². The molecule has 4 nitrogen and oxygen atoms in total. The molecule has 0 radical (unpaired) electrons. The van der Waals surface area contributed by atoms with Gasteiger partial charge in [0.2, 0.25) is 0 Å². The van der Waals surface area contributed by atoms with Crippen LogP contribution in [0.3, 0.4) is 0 Å². The number of hydrogen-bond acceptors (Lipinski definition) is 4. The molecule has 0 saturated heterocycles. The van der Waals surface area contributed by atoms with Gasteiger partial charge in [-0.2, -0.15) is 0 Å².